The Morgan fingerprint density at radius 1 is 1.13 bits per heavy atom. The van der Waals surface area contributed by atoms with Crippen molar-refractivity contribution in [2.75, 3.05) is 43.9 Å². The predicted octanol–water partition coefficient (Wildman–Crippen LogP) is 4.50. The second-order valence-electron chi connectivity index (χ2n) is 10.3. The van der Waals surface area contributed by atoms with Gasteiger partial charge in [0, 0.05) is 41.7 Å². The highest BCUT2D eigenvalue weighted by Crippen LogP contribution is 2.58. The zero-order chi connectivity index (χ0) is 27.4. The van der Waals surface area contributed by atoms with Crippen LogP contribution < -0.4 is 14.4 Å². The Kier molecular flexibility index (Phi) is 6.32. The average molecular weight is 564 g/mol. The second-order valence-corrected chi connectivity index (χ2v) is 12.8. The van der Waals surface area contributed by atoms with Crippen LogP contribution in [0, 0.1) is 0 Å². The minimum Gasteiger partial charge on any atom is -0.476 e. The molecule has 0 unspecified atom stereocenters. The molecule has 1 aromatic carbocycles. The van der Waals surface area contributed by atoms with Crippen molar-refractivity contribution in [1.82, 2.24) is 14.9 Å². The summed E-state index contributed by atoms with van der Waals surface area (Å²) in [6.07, 6.45) is 5.91. The molecule has 1 spiro atoms. The third-order valence-electron chi connectivity index (χ3n) is 7.37. The van der Waals surface area contributed by atoms with Crippen molar-refractivity contribution in [1.29, 1.82) is 0 Å². The fourth-order valence-corrected chi connectivity index (χ4v) is 7.28. The Bertz CT molecular complexity index is 1680. The molecule has 0 bridgehead atoms. The normalized spacial score (nSPS) is 15.8. The van der Waals surface area contributed by atoms with Gasteiger partial charge >= 0.3 is 0 Å². The maximum Gasteiger partial charge on any atom is 0.262 e. The van der Waals surface area contributed by atoms with E-state index in [0.29, 0.717) is 6.61 Å². The second kappa shape index (κ2) is 9.58. The number of benzene rings is 1. The van der Waals surface area contributed by atoms with Crippen molar-refractivity contribution in [3.63, 3.8) is 0 Å². The van der Waals surface area contributed by atoms with E-state index >= 15 is 0 Å². The van der Waals surface area contributed by atoms with E-state index in [2.05, 4.69) is 19.6 Å². The maximum atomic E-state index is 13.1. The number of anilines is 2. The van der Waals surface area contributed by atoms with E-state index in [9.17, 15) is 13.2 Å². The van der Waals surface area contributed by atoms with Crippen molar-refractivity contribution in [2.45, 2.75) is 29.6 Å². The number of amides is 1. The highest BCUT2D eigenvalue weighted by atomic mass is 32.2. The van der Waals surface area contributed by atoms with Gasteiger partial charge in [0.15, 0.2) is 0 Å². The average Bonchev–Trinajstić information content (AvgIpc) is 3.44. The molecule has 2 aliphatic rings. The maximum absolute atomic E-state index is 13.1. The van der Waals surface area contributed by atoms with Gasteiger partial charge in [-0.15, -0.1) is 0 Å². The fourth-order valence-electron chi connectivity index (χ4n) is 5.20. The minimum absolute atomic E-state index is 0.125. The van der Waals surface area contributed by atoms with E-state index in [1.807, 2.05) is 32.3 Å². The molecule has 1 N–H and O–H groups in total. The molecule has 1 saturated carbocycles. The molecule has 1 aliphatic heterocycles. The molecule has 3 aromatic heterocycles. The molecule has 1 amide bonds. The highest BCUT2D eigenvalue weighted by Gasteiger charge is 2.59. The highest BCUT2D eigenvalue weighted by molar-refractivity contribution is 7.92. The number of rotatable bonds is 9. The molecule has 11 heteroatoms. The first kappa shape index (κ1) is 25.7. The molecule has 1 aliphatic carbocycles. The number of carbonyl (C=O) groups is 1. The summed E-state index contributed by atoms with van der Waals surface area (Å²) in [5, 5.41) is 4.24. The van der Waals surface area contributed by atoms with E-state index < -0.39 is 15.4 Å². The van der Waals surface area contributed by atoms with Gasteiger partial charge in [0.05, 0.1) is 34.3 Å². The standard InChI is InChI=1S/C28H29N5O4S2/c1-32(2)10-4-11-37-26-23(31-39(35,36)20-7-12-38-17-20)14-19(15-30-26)18-5-6-22-21(13-18)25-24(16-29-22)33(3)27(34)28(25)8-9-28/h5-7,12-17,31H,4,8-11H2,1-3H3. The molecule has 0 radical (unpaired) electrons. The van der Waals surface area contributed by atoms with Crippen LogP contribution in [-0.2, 0) is 20.2 Å². The van der Waals surface area contributed by atoms with Gasteiger partial charge in [-0.05, 0) is 68.6 Å². The summed E-state index contributed by atoms with van der Waals surface area (Å²) >= 11 is 1.31. The van der Waals surface area contributed by atoms with E-state index in [-0.39, 0.29) is 22.4 Å². The quantitative estimate of drug-likeness (QED) is 0.299. The summed E-state index contributed by atoms with van der Waals surface area (Å²) in [6, 6.07) is 9.21. The molecule has 39 heavy (non-hydrogen) atoms. The summed E-state index contributed by atoms with van der Waals surface area (Å²) in [7, 11) is 1.96. The lowest BCUT2D eigenvalue weighted by molar-refractivity contribution is -0.119. The smallest absolute Gasteiger partial charge is 0.262 e. The van der Waals surface area contributed by atoms with E-state index in [1.54, 1.807) is 47.2 Å². The zero-order valence-electron chi connectivity index (χ0n) is 22.0. The third kappa shape index (κ3) is 4.54. The number of carbonyl (C=O) groups excluding carboxylic acids is 1. The lowest BCUT2D eigenvalue weighted by atomic mass is 9.92. The van der Waals surface area contributed by atoms with E-state index in [0.717, 1.165) is 59.1 Å². The third-order valence-corrected chi connectivity index (χ3v) is 9.57. The van der Waals surface area contributed by atoms with Crippen molar-refractivity contribution in [2.24, 2.45) is 0 Å². The first-order valence-electron chi connectivity index (χ1n) is 12.7. The van der Waals surface area contributed by atoms with Crippen LogP contribution in [0.1, 0.15) is 24.8 Å². The van der Waals surface area contributed by atoms with Gasteiger partial charge in [-0.1, -0.05) is 6.07 Å². The number of nitrogens with zero attached hydrogens (tertiary/aromatic N) is 4. The van der Waals surface area contributed by atoms with Crippen molar-refractivity contribution >= 4 is 49.5 Å². The van der Waals surface area contributed by atoms with Gasteiger partial charge in [-0.2, -0.15) is 11.3 Å². The number of thiophene rings is 1. The van der Waals surface area contributed by atoms with Crippen LogP contribution in [0.15, 0.2) is 58.4 Å². The van der Waals surface area contributed by atoms with Crippen molar-refractivity contribution in [3.05, 3.63) is 59.0 Å². The van der Waals surface area contributed by atoms with Crippen LogP contribution in [-0.4, -0.2) is 63.5 Å². The van der Waals surface area contributed by atoms with Crippen LogP contribution in [0.25, 0.3) is 22.0 Å². The number of aromatic nitrogens is 2. The Balaban J connectivity index is 1.40. The topological polar surface area (TPSA) is 105 Å². The van der Waals surface area contributed by atoms with E-state index in [1.165, 1.54) is 11.3 Å². The van der Waals surface area contributed by atoms with Crippen LogP contribution in [0.4, 0.5) is 11.4 Å². The monoisotopic (exact) mass is 563 g/mol. The van der Waals surface area contributed by atoms with Crippen LogP contribution in [0.2, 0.25) is 0 Å². The van der Waals surface area contributed by atoms with Crippen LogP contribution in [0.3, 0.4) is 0 Å². The molecule has 202 valence electrons. The Labute approximate surface area is 231 Å². The Morgan fingerprint density at radius 3 is 2.67 bits per heavy atom. The van der Waals surface area contributed by atoms with Gasteiger partial charge < -0.3 is 14.5 Å². The van der Waals surface area contributed by atoms with Gasteiger partial charge in [0.25, 0.3) is 10.0 Å². The zero-order valence-corrected chi connectivity index (χ0v) is 23.6. The number of hydrogen-bond donors (Lipinski definition) is 1. The van der Waals surface area contributed by atoms with Crippen LogP contribution >= 0.6 is 11.3 Å². The van der Waals surface area contributed by atoms with Gasteiger partial charge in [0.2, 0.25) is 11.8 Å². The van der Waals surface area contributed by atoms with Gasteiger partial charge in [0.1, 0.15) is 5.69 Å². The largest absolute Gasteiger partial charge is 0.476 e. The Morgan fingerprint density at radius 2 is 1.95 bits per heavy atom. The lowest BCUT2D eigenvalue weighted by Gasteiger charge is -2.15. The summed E-state index contributed by atoms with van der Waals surface area (Å²) in [6.45, 7) is 1.23. The molecular weight excluding hydrogens is 534 g/mol. The molecule has 6 rings (SSSR count). The molecular formula is C28H29N5O4S2. The Hall–Kier alpha value is -3.54. The number of likely N-dealkylation sites (N-methyl/N-ethyl adjacent to an activating group) is 1. The summed E-state index contributed by atoms with van der Waals surface area (Å²) in [4.78, 5) is 26.1. The molecule has 0 atom stereocenters. The molecule has 0 saturated heterocycles. The predicted molar refractivity (Wildman–Crippen MR) is 153 cm³/mol. The van der Waals surface area contributed by atoms with Gasteiger partial charge in [-0.3, -0.25) is 14.5 Å². The molecule has 1 fully saturated rings. The first-order valence-corrected chi connectivity index (χ1v) is 15.2. The fraction of sp³-hybridized carbons (Fsp3) is 0.321. The van der Waals surface area contributed by atoms with E-state index in [4.69, 9.17) is 4.74 Å². The van der Waals surface area contributed by atoms with Gasteiger partial charge in [-0.25, -0.2) is 13.4 Å². The first-order chi connectivity index (χ1) is 18.7. The molecule has 9 nitrogen and oxygen atoms in total. The minimum atomic E-state index is -3.82. The number of sulfonamides is 1. The number of hydrogen-bond acceptors (Lipinski definition) is 8. The summed E-state index contributed by atoms with van der Waals surface area (Å²) in [5.74, 6) is 0.351. The van der Waals surface area contributed by atoms with Crippen LogP contribution in [0.5, 0.6) is 5.88 Å². The number of fused-ring (bicyclic) bond motifs is 4. The lowest BCUT2D eigenvalue weighted by Crippen LogP contribution is -2.28. The number of nitrogens with one attached hydrogen (secondary N) is 1. The number of ether oxygens (including phenoxy) is 1. The molecule has 4 aromatic rings. The summed E-state index contributed by atoms with van der Waals surface area (Å²) < 4.78 is 34.8. The SMILES string of the molecule is CN(C)CCCOc1ncc(-c2ccc3ncc4c(c3c2)C2(CC2)C(=O)N4C)cc1NS(=O)(=O)c1ccsc1. The number of pyridine rings is 2. The summed E-state index contributed by atoms with van der Waals surface area (Å²) in [5.41, 5.74) is 4.10. The molecule has 4 heterocycles. The van der Waals surface area contributed by atoms with Crippen molar-refractivity contribution < 1.29 is 17.9 Å². The van der Waals surface area contributed by atoms with Crippen molar-refractivity contribution in [3.8, 4) is 17.0 Å².